The van der Waals surface area contributed by atoms with Crippen LogP contribution in [0.1, 0.15) is 27.7 Å². The van der Waals surface area contributed by atoms with E-state index < -0.39 is 11.7 Å². The number of rotatable bonds is 1. The summed E-state index contributed by atoms with van der Waals surface area (Å²) in [5, 5.41) is 1.62. The van der Waals surface area contributed by atoms with Gasteiger partial charge in [0.1, 0.15) is 5.60 Å². The van der Waals surface area contributed by atoms with Crippen LogP contribution in [0.25, 0.3) is 0 Å². The fourth-order valence-electron chi connectivity index (χ4n) is 2.31. The number of hydrogen-bond acceptors (Lipinski definition) is 4. The Kier molecular flexibility index (Phi) is 3.95. The maximum Gasteiger partial charge on any atom is 0.426 e. The molecule has 0 aromatic carbocycles. The number of allylic oxidation sites excluding steroid dienone is 2. The van der Waals surface area contributed by atoms with Crippen molar-refractivity contribution >= 4 is 27.8 Å². The fraction of sp³-hybridized carbons (Fsp3) is 0.571. The molecule has 0 aromatic rings. The second kappa shape index (κ2) is 5.24. The standard InChI is InChI=1S/C14H19BrN2O3/c1-8-5-11(15)12(18)10-7-17(6-9(8)10)16-13(19)20-14(2,3)4/h5-6,10-11H,7H2,1-4H3,(H,16,19). The molecule has 1 N–H and O–H groups in total. The lowest BCUT2D eigenvalue weighted by Crippen LogP contribution is -2.42. The highest BCUT2D eigenvalue weighted by Crippen LogP contribution is 2.34. The van der Waals surface area contributed by atoms with Crippen molar-refractivity contribution in [3.8, 4) is 0 Å². The number of hydrazine groups is 1. The Morgan fingerprint density at radius 1 is 1.50 bits per heavy atom. The Morgan fingerprint density at radius 2 is 2.15 bits per heavy atom. The predicted octanol–water partition coefficient (Wildman–Crippen LogP) is 2.53. The van der Waals surface area contributed by atoms with Gasteiger partial charge in [-0.1, -0.05) is 22.0 Å². The summed E-state index contributed by atoms with van der Waals surface area (Å²) in [5.41, 5.74) is 4.12. The van der Waals surface area contributed by atoms with Crippen LogP contribution in [0.2, 0.25) is 0 Å². The minimum absolute atomic E-state index is 0.121. The number of alkyl halides is 1. The number of ketones is 1. The number of Topliss-reactive ketones (excluding diaryl/α,β-unsaturated/α-hetero) is 1. The Balaban J connectivity index is 2.04. The zero-order chi connectivity index (χ0) is 15.1. The molecule has 0 spiro atoms. The van der Waals surface area contributed by atoms with Crippen molar-refractivity contribution in [1.29, 1.82) is 0 Å². The maximum absolute atomic E-state index is 12.1. The van der Waals surface area contributed by atoms with Crippen LogP contribution < -0.4 is 5.43 Å². The van der Waals surface area contributed by atoms with Crippen LogP contribution in [0.3, 0.4) is 0 Å². The van der Waals surface area contributed by atoms with Gasteiger partial charge in [0.25, 0.3) is 0 Å². The summed E-state index contributed by atoms with van der Waals surface area (Å²) in [7, 11) is 0. The van der Waals surface area contributed by atoms with Gasteiger partial charge >= 0.3 is 6.09 Å². The van der Waals surface area contributed by atoms with E-state index in [1.165, 1.54) is 0 Å². The lowest BCUT2D eigenvalue weighted by atomic mass is 9.85. The van der Waals surface area contributed by atoms with E-state index in [1.807, 2.05) is 13.0 Å². The van der Waals surface area contributed by atoms with Gasteiger partial charge in [0, 0.05) is 6.20 Å². The lowest BCUT2D eigenvalue weighted by Gasteiger charge is -2.24. The van der Waals surface area contributed by atoms with E-state index in [1.54, 1.807) is 32.0 Å². The summed E-state index contributed by atoms with van der Waals surface area (Å²) in [6.45, 7) is 7.83. The summed E-state index contributed by atoms with van der Waals surface area (Å²) in [6.07, 6.45) is 3.18. The van der Waals surface area contributed by atoms with Crippen molar-refractivity contribution < 1.29 is 14.3 Å². The molecule has 2 atom stereocenters. The first kappa shape index (κ1) is 15.1. The SMILES string of the molecule is CC1=CC(Br)C(=O)C2CN(NC(=O)OC(C)(C)C)C=C12. The average Bonchev–Trinajstić information content (AvgIpc) is 2.67. The van der Waals surface area contributed by atoms with Gasteiger partial charge in [-0.3, -0.25) is 9.80 Å². The molecule has 1 amide bonds. The number of nitrogens with one attached hydrogen (secondary N) is 1. The number of ether oxygens (including phenoxy) is 1. The van der Waals surface area contributed by atoms with Crippen molar-refractivity contribution in [2.75, 3.05) is 6.54 Å². The van der Waals surface area contributed by atoms with Crippen molar-refractivity contribution in [3.63, 3.8) is 0 Å². The van der Waals surface area contributed by atoms with Crippen LogP contribution in [0.4, 0.5) is 4.79 Å². The number of nitrogens with zero attached hydrogens (tertiary/aromatic N) is 1. The van der Waals surface area contributed by atoms with E-state index in [-0.39, 0.29) is 16.5 Å². The summed E-state index contributed by atoms with van der Waals surface area (Å²) in [5.74, 6) is -0.0744. The topological polar surface area (TPSA) is 58.6 Å². The van der Waals surface area contributed by atoms with Crippen LogP contribution in [0, 0.1) is 5.92 Å². The molecular formula is C14H19BrN2O3. The monoisotopic (exact) mass is 342 g/mol. The summed E-state index contributed by atoms with van der Waals surface area (Å²) in [4.78, 5) is 23.6. The third kappa shape index (κ3) is 3.23. The zero-order valence-electron chi connectivity index (χ0n) is 12.1. The third-order valence-corrected chi connectivity index (χ3v) is 3.87. The van der Waals surface area contributed by atoms with Gasteiger partial charge in [-0.25, -0.2) is 10.2 Å². The molecule has 2 aliphatic rings. The van der Waals surface area contributed by atoms with Gasteiger partial charge in [0.05, 0.1) is 17.3 Å². The molecule has 0 saturated heterocycles. The average molecular weight is 343 g/mol. The molecule has 0 aromatic heterocycles. The highest BCUT2D eigenvalue weighted by atomic mass is 79.9. The molecule has 2 unspecified atom stereocenters. The molecule has 1 heterocycles. The molecule has 5 nitrogen and oxygen atoms in total. The van der Waals surface area contributed by atoms with E-state index in [0.717, 1.165) is 11.1 Å². The summed E-state index contributed by atoms with van der Waals surface area (Å²) < 4.78 is 5.20. The molecule has 1 aliphatic carbocycles. The highest BCUT2D eigenvalue weighted by molar-refractivity contribution is 9.10. The predicted molar refractivity (Wildman–Crippen MR) is 79.1 cm³/mol. The Bertz CT molecular complexity index is 505. The number of fused-ring (bicyclic) bond motifs is 1. The van der Waals surface area contributed by atoms with Gasteiger partial charge in [0.15, 0.2) is 5.78 Å². The minimum Gasteiger partial charge on any atom is -0.443 e. The van der Waals surface area contributed by atoms with Gasteiger partial charge in [-0.05, 0) is 38.8 Å². The second-order valence-electron chi connectivity index (χ2n) is 6.06. The molecule has 2 rings (SSSR count). The second-order valence-corrected chi connectivity index (χ2v) is 7.04. The number of hydrogen-bond donors (Lipinski definition) is 1. The maximum atomic E-state index is 12.1. The lowest BCUT2D eigenvalue weighted by molar-refractivity contribution is -0.120. The van der Waals surface area contributed by atoms with Crippen LogP contribution in [-0.4, -0.2) is 33.9 Å². The Hall–Kier alpha value is -1.30. The van der Waals surface area contributed by atoms with Crippen LogP contribution in [0.15, 0.2) is 23.4 Å². The van der Waals surface area contributed by atoms with E-state index in [0.29, 0.717) is 6.54 Å². The molecule has 0 saturated carbocycles. The summed E-state index contributed by atoms with van der Waals surface area (Å²) >= 11 is 3.36. The number of halogens is 1. The molecule has 1 aliphatic heterocycles. The number of amides is 1. The highest BCUT2D eigenvalue weighted by Gasteiger charge is 2.38. The first-order chi connectivity index (χ1) is 9.17. The third-order valence-electron chi connectivity index (χ3n) is 3.15. The van der Waals surface area contributed by atoms with Gasteiger partial charge in [-0.15, -0.1) is 0 Å². The molecule has 0 fully saturated rings. The smallest absolute Gasteiger partial charge is 0.426 e. The first-order valence-electron chi connectivity index (χ1n) is 6.52. The van der Waals surface area contributed by atoms with Crippen LogP contribution in [0.5, 0.6) is 0 Å². The van der Waals surface area contributed by atoms with Crippen molar-refractivity contribution in [1.82, 2.24) is 10.4 Å². The van der Waals surface area contributed by atoms with E-state index in [2.05, 4.69) is 21.4 Å². The fourth-order valence-corrected chi connectivity index (χ4v) is 3.03. The number of carbonyl (C=O) groups excluding carboxylic acids is 2. The van der Waals surface area contributed by atoms with Gasteiger partial charge in [0.2, 0.25) is 0 Å². The van der Waals surface area contributed by atoms with Crippen molar-refractivity contribution in [2.45, 2.75) is 38.1 Å². The quantitative estimate of drug-likeness (QED) is 0.744. The van der Waals surface area contributed by atoms with E-state index >= 15 is 0 Å². The first-order valence-corrected chi connectivity index (χ1v) is 7.43. The molecule has 0 radical (unpaired) electrons. The normalized spacial score (nSPS) is 25.9. The van der Waals surface area contributed by atoms with Crippen LogP contribution in [-0.2, 0) is 9.53 Å². The minimum atomic E-state index is -0.545. The van der Waals surface area contributed by atoms with E-state index in [9.17, 15) is 9.59 Å². The largest absolute Gasteiger partial charge is 0.443 e. The van der Waals surface area contributed by atoms with Crippen molar-refractivity contribution in [3.05, 3.63) is 23.4 Å². The van der Waals surface area contributed by atoms with E-state index in [4.69, 9.17) is 4.74 Å². The van der Waals surface area contributed by atoms with Crippen LogP contribution >= 0.6 is 15.9 Å². The Morgan fingerprint density at radius 3 is 2.75 bits per heavy atom. The molecule has 20 heavy (non-hydrogen) atoms. The van der Waals surface area contributed by atoms with Gasteiger partial charge < -0.3 is 4.74 Å². The molecule has 0 bridgehead atoms. The van der Waals surface area contributed by atoms with Gasteiger partial charge in [-0.2, -0.15) is 0 Å². The number of carbonyl (C=O) groups is 2. The zero-order valence-corrected chi connectivity index (χ0v) is 13.7. The molecular weight excluding hydrogens is 324 g/mol. The summed E-state index contributed by atoms with van der Waals surface area (Å²) in [6, 6.07) is 0. The molecule has 110 valence electrons. The Labute approximate surface area is 127 Å². The molecule has 6 heteroatoms. The van der Waals surface area contributed by atoms with Crippen molar-refractivity contribution in [2.24, 2.45) is 5.92 Å².